The smallest absolute Gasteiger partial charge is 0.226 e. The Bertz CT molecular complexity index is 1740. The lowest BCUT2D eigenvalue weighted by atomic mass is 9.81. The van der Waals surface area contributed by atoms with Crippen molar-refractivity contribution in [2.45, 2.75) is 264 Å². The Morgan fingerprint density at radius 3 is 1.47 bits per heavy atom. The summed E-state index contributed by atoms with van der Waals surface area (Å²) < 4.78 is 2.63. The number of anilines is 1. The fourth-order valence-corrected chi connectivity index (χ4v) is 11.1. The van der Waals surface area contributed by atoms with E-state index in [4.69, 9.17) is 11.6 Å². The number of rotatable bonds is 38. The molecule has 2 aromatic rings. The molecule has 0 saturated heterocycles. The summed E-state index contributed by atoms with van der Waals surface area (Å²) in [6.07, 6.45) is 51.9. The number of carbonyl (C=O) groups excluding carboxylic acids is 1. The molecule has 0 atom stereocenters. The fraction of sp³-hybridized carbons (Fsp3) is 0.705. The normalized spacial score (nSPS) is 15.6. The number of hydrogen-bond acceptors (Lipinski definition) is 2. The minimum atomic E-state index is -0.300. The van der Waals surface area contributed by atoms with E-state index in [0.29, 0.717) is 0 Å². The number of carbonyl (C=O) groups is 1. The van der Waals surface area contributed by atoms with Gasteiger partial charge in [-0.25, -0.2) is 0 Å². The molecule has 4 rings (SSSR count). The predicted molar refractivity (Wildman–Crippen MR) is 287 cm³/mol. The molecule has 2 aromatic carbocycles. The van der Waals surface area contributed by atoms with Gasteiger partial charge in [0.2, 0.25) is 10.9 Å². The molecule has 5 heteroatoms. The highest BCUT2D eigenvalue weighted by Crippen LogP contribution is 2.48. The highest BCUT2D eigenvalue weighted by atomic mass is 35.5. The van der Waals surface area contributed by atoms with Gasteiger partial charge in [0.1, 0.15) is 6.54 Å². The first kappa shape index (κ1) is 58.0. The molecule has 0 aliphatic carbocycles. The van der Waals surface area contributed by atoms with Crippen LogP contribution in [0.15, 0.2) is 66.4 Å². The molecule has 372 valence electrons. The number of benzene rings is 2. The van der Waals surface area contributed by atoms with Crippen molar-refractivity contribution in [1.82, 2.24) is 0 Å². The zero-order valence-electron chi connectivity index (χ0n) is 43.6. The van der Waals surface area contributed by atoms with E-state index in [-0.39, 0.29) is 34.9 Å². The van der Waals surface area contributed by atoms with Gasteiger partial charge in [0, 0.05) is 53.9 Å². The van der Waals surface area contributed by atoms with Crippen LogP contribution in [0.25, 0.3) is 0 Å². The van der Waals surface area contributed by atoms with Crippen LogP contribution in [0.5, 0.6) is 0 Å². The summed E-state index contributed by atoms with van der Waals surface area (Å²) in [6.45, 7) is 16.2. The van der Waals surface area contributed by atoms with Crippen LogP contribution < -0.4 is 17.3 Å². The van der Waals surface area contributed by atoms with Crippen LogP contribution in [0.2, 0.25) is 0 Å². The summed E-state index contributed by atoms with van der Waals surface area (Å²) in [7, 11) is 0. The number of unbranched alkanes of at least 4 members (excludes halogenated alkanes) is 30. The molecule has 0 bridgehead atoms. The number of nitrogens with zero attached hydrogens (tertiary/aromatic N) is 2. The second-order valence-electron chi connectivity index (χ2n) is 21.4. The summed E-state index contributed by atoms with van der Waals surface area (Å²) >= 11 is 5.90. The van der Waals surface area contributed by atoms with Gasteiger partial charge in [0.15, 0.2) is 5.71 Å². The van der Waals surface area contributed by atoms with Crippen LogP contribution in [-0.2, 0) is 22.0 Å². The predicted octanol–water partition coefficient (Wildman–Crippen LogP) is 16.1. The molecule has 0 N–H and O–H groups in total. The first-order valence-corrected chi connectivity index (χ1v) is 28.2. The quantitative estimate of drug-likeness (QED) is 0.0380. The third kappa shape index (κ3) is 19.6. The molecule has 66 heavy (non-hydrogen) atoms. The molecule has 3 nitrogen and oxygen atoms in total. The summed E-state index contributed by atoms with van der Waals surface area (Å²) in [5.74, 6) is 0. The van der Waals surface area contributed by atoms with Gasteiger partial charge in [-0.15, -0.1) is 0 Å². The zero-order valence-corrected chi connectivity index (χ0v) is 45.1. The van der Waals surface area contributed by atoms with Crippen molar-refractivity contribution in [1.29, 1.82) is 0 Å². The Kier molecular flexibility index (Phi) is 29.2. The molecular formula is C61H98Cl2N2O. The van der Waals surface area contributed by atoms with Gasteiger partial charge < -0.3 is 17.3 Å². The van der Waals surface area contributed by atoms with Crippen LogP contribution in [-0.4, -0.2) is 28.6 Å². The topological polar surface area (TPSA) is 23.3 Å². The average Bonchev–Trinajstić information content (AvgIpc) is 3.63. The van der Waals surface area contributed by atoms with Crippen molar-refractivity contribution >= 4 is 33.9 Å². The van der Waals surface area contributed by atoms with Gasteiger partial charge in [-0.2, -0.15) is 4.58 Å². The number of halogens is 2. The summed E-state index contributed by atoms with van der Waals surface area (Å²) in [5.41, 5.74) is 8.89. The van der Waals surface area contributed by atoms with Crippen LogP contribution in [0.3, 0.4) is 0 Å². The molecule has 2 aliphatic rings. The lowest BCUT2D eigenvalue weighted by molar-refractivity contribution is -0.438. The van der Waals surface area contributed by atoms with Gasteiger partial charge in [0.25, 0.3) is 0 Å². The van der Waals surface area contributed by atoms with Gasteiger partial charge >= 0.3 is 0 Å². The van der Waals surface area contributed by atoms with Gasteiger partial charge in [0.05, 0.1) is 5.41 Å². The number of fused-ring (bicyclic) bond motifs is 2. The lowest BCUT2D eigenvalue weighted by Gasteiger charge is -2.27. The lowest BCUT2D eigenvalue weighted by Crippen LogP contribution is -3.00. The first-order chi connectivity index (χ1) is 31.6. The minimum absolute atomic E-state index is 0. The van der Waals surface area contributed by atoms with Crippen molar-refractivity contribution in [3.63, 3.8) is 0 Å². The number of para-hydroxylation sites is 1. The maximum atomic E-state index is 11.9. The summed E-state index contributed by atoms with van der Waals surface area (Å²) in [5, 5.41) is -0.300. The van der Waals surface area contributed by atoms with E-state index in [0.717, 1.165) is 18.7 Å². The molecule has 0 spiro atoms. The standard InChI is InChI=1S/C61H98ClN2O.ClH/c1-7-9-11-13-15-17-19-21-23-25-27-29-31-33-35-39-48-63-55-43-38-37-42-53(55)60(3,4)57(63)44-41-45-58-61(5,6)54-50-52(51-59(62)65)46-47-56(54)64(58)49-40-36-34-32-30-28-26-24-22-20-18-16-14-12-10-8-2;/h37-38,41-47,50H,7-36,39-40,48-49,51H2,1-6H3;1H/q+1;/p-1. The number of allylic oxidation sites excluding steroid dienone is 4. The van der Waals surface area contributed by atoms with E-state index in [1.54, 1.807) is 0 Å². The van der Waals surface area contributed by atoms with E-state index in [1.165, 1.54) is 239 Å². The van der Waals surface area contributed by atoms with E-state index in [9.17, 15) is 4.79 Å². The van der Waals surface area contributed by atoms with Crippen molar-refractivity contribution in [2.24, 2.45) is 0 Å². The Morgan fingerprint density at radius 2 is 1.00 bits per heavy atom. The molecule has 2 heterocycles. The zero-order chi connectivity index (χ0) is 46.6. The highest BCUT2D eigenvalue weighted by molar-refractivity contribution is 6.63. The Balaban J connectivity index is 0.0000116. The van der Waals surface area contributed by atoms with Crippen LogP contribution in [0, 0.1) is 0 Å². The van der Waals surface area contributed by atoms with Crippen molar-refractivity contribution in [3.8, 4) is 0 Å². The molecule has 0 aromatic heterocycles. The highest BCUT2D eigenvalue weighted by Gasteiger charge is 2.44. The van der Waals surface area contributed by atoms with E-state index in [2.05, 4.69) is 112 Å². The van der Waals surface area contributed by atoms with Crippen LogP contribution in [0.4, 0.5) is 11.4 Å². The monoisotopic (exact) mass is 945 g/mol. The molecule has 0 saturated carbocycles. The molecule has 0 unspecified atom stereocenters. The van der Waals surface area contributed by atoms with Crippen LogP contribution in [0.1, 0.15) is 264 Å². The van der Waals surface area contributed by atoms with E-state index in [1.807, 2.05) is 0 Å². The molecular weight excluding hydrogens is 848 g/mol. The fourth-order valence-electron chi connectivity index (χ4n) is 11.0. The summed E-state index contributed by atoms with van der Waals surface area (Å²) in [4.78, 5) is 14.5. The maximum Gasteiger partial charge on any atom is 0.226 e. The third-order valence-corrected chi connectivity index (χ3v) is 15.2. The molecule has 0 amide bonds. The molecule has 0 fully saturated rings. The Morgan fingerprint density at radius 1 is 0.561 bits per heavy atom. The molecule has 0 radical (unpaired) electrons. The van der Waals surface area contributed by atoms with Gasteiger partial charge in [-0.3, -0.25) is 4.79 Å². The van der Waals surface area contributed by atoms with Crippen LogP contribution >= 0.6 is 11.6 Å². The Hall–Kier alpha value is -2.36. The Labute approximate surface area is 418 Å². The van der Waals surface area contributed by atoms with Crippen molar-refractivity contribution in [2.75, 3.05) is 18.0 Å². The third-order valence-electron chi connectivity index (χ3n) is 15.1. The maximum absolute atomic E-state index is 11.9. The first-order valence-electron chi connectivity index (χ1n) is 27.9. The van der Waals surface area contributed by atoms with E-state index < -0.39 is 0 Å². The van der Waals surface area contributed by atoms with Gasteiger partial charge in [-0.05, 0) is 61.6 Å². The number of hydrogen-bond donors (Lipinski definition) is 0. The van der Waals surface area contributed by atoms with Crippen molar-refractivity contribution in [3.05, 3.63) is 83.1 Å². The average molecular weight is 946 g/mol. The second kappa shape index (κ2) is 33.2. The van der Waals surface area contributed by atoms with Crippen molar-refractivity contribution < 1.29 is 21.8 Å². The largest absolute Gasteiger partial charge is 1.00 e. The minimum Gasteiger partial charge on any atom is -1.00 e. The SMILES string of the molecule is CCCCCCCCCCCCCCCCCCN1/C(=C/C=C/C2=[N+](CCCCCCCCCCCCCCCCCC)c3ccccc3C2(C)C)C(C)(C)c2cc(CC(=O)Cl)ccc21.[Cl-]. The van der Waals surface area contributed by atoms with E-state index >= 15 is 0 Å². The molecule has 2 aliphatic heterocycles. The second-order valence-corrected chi connectivity index (χ2v) is 21.8. The summed E-state index contributed by atoms with van der Waals surface area (Å²) in [6, 6.07) is 15.7. The van der Waals surface area contributed by atoms with Gasteiger partial charge in [-0.1, -0.05) is 250 Å².